The van der Waals surface area contributed by atoms with Crippen molar-refractivity contribution in [2.45, 2.75) is 261 Å². The van der Waals surface area contributed by atoms with Gasteiger partial charge >= 0.3 is 59.7 Å². The van der Waals surface area contributed by atoms with E-state index in [1.54, 1.807) is 0 Å². The monoisotopic (exact) mass is 1220 g/mol. The van der Waals surface area contributed by atoms with Crippen LogP contribution in [-0.2, 0) is 114 Å². The highest BCUT2D eigenvalue weighted by Crippen LogP contribution is 2.77. The third-order valence-electron chi connectivity index (χ3n) is 19.4. The molecule has 2 aliphatic heterocycles. The van der Waals surface area contributed by atoms with Crippen molar-refractivity contribution in [3.05, 3.63) is 11.6 Å². The van der Waals surface area contributed by atoms with Gasteiger partial charge in [-0.2, -0.15) is 0 Å². The molecule has 6 fully saturated rings. The number of carbonyl (C=O) groups is 10. The van der Waals surface area contributed by atoms with Crippen molar-refractivity contribution in [2.75, 3.05) is 13.2 Å². The quantitative estimate of drug-likeness (QED) is 0.0522. The Morgan fingerprint density at radius 3 is 1.40 bits per heavy atom. The first-order valence-corrected chi connectivity index (χ1v) is 29.8. The Balaban J connectivity index is 1.56. The molecule has 0 radical (unpaired) electrons. The van der Waals surface area contributed by atoms with Crippen molar-refractivity contribution in [3.63, 3.8) is 0 Å². The fraction of sp³-hybridized carbons (Fsp3) is 0.806. The molecule has 4 aliphatic carbocycles. The minimum Gasteiger partial charge on any atom is -0.463 e. The zero-order valence-electron chi connectivity index (χ0n) is 53.3. The molecular formula is C62H92O24. The first-order chi connectivity index (χ1) is 39.9. The maximum Gasteiger partial charge on any atom is 0.303 e. The molecule has 24 heteroatoms. The summed E-state index contributed by atoms with van der Waals surface area (Å²) in [5.41, 5.74) is -3.40. The molecule has 24 nitrogen and oxygen atoms in total. The Bertz CT molecular complexity index is 2590. The third kappa shape index (κ3) is 15.0. The second-order valence-electron chi connectivity index (χ2n) is 26.1. The van der Waals surface area contributed by atoms with Crippen LogP contribution in [0.15, 0.2) is 11.6 Å². The summed E-state index contributed by atoms with van der Waals surface area (Å²) in [7, 11) is 0. The van der Waals surface area contributed by atoms with Crippen molar-refractivity contribution in [3.8, 4) is 0 Å². The van der Waals surface area contributed by atoms with Gasteiger partial charge in [-0.05, 0) is 106 Å². The van der Waals surface area contributed by atoms with Gasteiger partial charge in [0.15, 0.2) is 49.2 Å². The molecule has 6 aliphatic rings. The van der Waals surface area contributed by atoms with E-state index in [1.165, 1.54) is 27.7 Å². The number of hydrogen-bond acceptors (Lipinski definition) is 24. The average molecular weight is 1220 g/mol. The summed E-state index contributed by atoms with van der Waals surface area (Å²) in [6.07, 6.45) is -11.6. The van der Waals surface area contributed by atoms with Crippen LogP contribution >= 0.6 is 0 Å². The zero-order chi connectivity index (χ0) is 64.3. The molecule has 0 aromatic carbocycles. The second-order valence-corrected chi connectivity index (χ2v) is 26.1. The number of allylic oxidation sites excluding steroid dienone is 2. The fourth-order valence-corrected chi connectivity index (χ4v) is 16.4. The SMILES string of the molecule is CC(=O)OC[C@H]1O[C@@H](O[C@H]2C[C@]3(C)[C@H](C[C@@H](OC(C)=O)[C@H]4[C@@H]([C@](C)(CCC=C(C)C)O[C@@H]5O[C@H](COC(C)=O)[C@@H](OC(C)=O)[C@H](OC(C)=O)[C@H]5OC(C)=O)CC[C@]43C)[C@@]3(C)CC[C@H](OC(C)=O)C(C)(C)[C@H]23)[C@H](OC(C)=O)[C@@H](OC(C)=O)[C@@H]1OC(C)=O. The molecular weight excluding hydrogens is 1130 g/mol. The van der Waals surface area contributed by atoms with Crippen LogP contribution in [0, 0.1) is 45.3 Å². The molecule has 0 aromatic rings. The average Bonchev–Trinajstić information content (AvgIpc) is 1.17. The van der Waals surface area contributed by atoms with Gasteiger partial charge in [-0.1, -0.05) is 46.3 Å². The third-order valence-corrected chi connectivity index (χ3v) is 19.4. The van der Waals surface area contributed by atoms with Crippen LogP contribution in [-0.4, -0.2) is 158 Å². The minimum absolute atomic E-state index is 0.241. The second kappa shape index (κ2) is 27.3. The van der Waals surface area contributed by atoms with E-state index in [1.807, 2.05) is 34.6 Å². The number of esters is 10. The molecule has 4 saturated carbocycles. The van der Waals surface area contributed by atoms with Crippen LogP contribution in [0.1, 0.15) is 176 Å². The molecule has 0 spiro atoms. The van der Waals surface area contributed by atoms with Crippen LogP contribution in [0.5, 0.6) is 0 Å². The lowest BCUT2D eigenvalue weighted by atomic mass is 9.34. The van der Waals surface area contributed by atoms with Gasteiger partial charge in [-0.25, -0.2) is 0 Å². The van der Waals surface area contributed by atoms with Gasteiger partial charge in [0.05, 0.1) is 11.7 Å². The number of ether oxygens (including phenoxy) is 14. The topological polar surface area (TPSA) is 300 Å². The lowest BCUT2D eigenvalue weighted by Gasteiger charge is -2.72. The van der Waals surface area contributed by atoms with Crippen molar-refractivity contribution < 1.29 is 114 Å². The van der Waals surface area contributed by atoms with Crippen molar-refractivity contribution >= 4 is 59.7 Å². The highest BCUT2D eigenvalue weighted by molar-refractivity contribution is 5.70. The first kappa shape index (κ1) is 69.4. The predicted octanol–water partition coefficient (Wildman–Crippen LogP) is 6.83. The molecule has 0 amide bonds. The number of rotatable bonds is 20. The summed E-state index contributed by atoms with van der Waals surface area (Å²) in [4.78, 5) is 129. The lowest BCUT2D eigenvalue weighted by molar-refractivity contribution is -0.351. The van der Waals surface area contributed by atoms with Gasteiger partial charge in [-0.3, -0.25) is 47.9 Å². The Hall–Kier alpha value is -5.72. The van der Waals surface area contributed by atoms with E-state index in [2.05, 4.69) is 26.8 Å². The van der Waals surface area contributed by atoms with E-state index >= 15 is 0 Å². The Morgan fingerprint density at radius 2 is 0.942 bits per heavy atom. The molecule has 2 saturated heterocycles. The smallest absolute Gasteiger partial charge is 0.303 e. The fourth-order valence-electron chi connectivity index (χ4n) is 16.4. The van der Waals surface area contributed by atoms with Gasteiger partial charge in [0.25, 0.3) is 0 Å². The highest BCUT2D eigenvalue weighted by atomic mass is 16.8. The van der Waals surface area contributed by atoms with Gasteiger partial charge in [0.2, 0.25) is 0 Å². The summed E-state index contributed by atoms with van der Waals surface area (Å²) < 4.78 is 86.7. The molecule has 6 rings (SSSR count). The summed E-state index contributed by atoms with van der Waals surface area (Å²) in [5.74, 6) is -8.97. The van der Waals surface area contributed by atoms with E-state index in [4.69, 9.17) is 66.3 Å². The van der Waals surface area contributed by atoms with Crippen LogP contribution in [0.4, 0.5) is 0 Å². The number of carbonyl (C=O) groups excluding carboxylic acids is 10. The van der Waals surface area contributed by atoms with Gasteiger partial charge in [0.1, 0.15) is 37.6 Å². The molecule has 0 N–H and O–H groups in total. The minimum atomic E-state index is -1.57. The van der Waals surface area contributed by atoms with Crippen LogP contribution in [0.2, 0.25) is 0 Å². The molecule has 0 unspecified atom stereocenters. The molecule has 484 valence electrons. The van der Waals surface area contributed by atoms with Crippen LogP contribution in [0.3, 0.4) is 0 Å². The van der Waals surface area contributed by atoms with Crippen molar-refractivity contribution in [2.24, 2.45) is 45.3 Å². The van der Waals surface area contributed by atoms with E-state index in [9.17, 15) is 47.9 Å². The Kier molecular flexibility index (Phi) is 22.1. The van der Waals surface area contributed by atoms with Crippen molar-refractivity contribution in [1.29, 1.82) is 0 Å². The first-order valence-electron chi connectivity index (χ1n) is 29.8. The lowest BCUT2D eigenvalue weighted by Crippen LogP contribution is -2.71. The summed E-state index contributed by atoms with van der Waals surface area (Å²) in [6.45, 7) is 27.4. The highest BCUT2D eigenvalue weighted by Gasteiger charge is 2.75. The summed E-state index contributed by atoms with van der Waals surface area (Å²) in [5, 5.41) is 0. The Labute approximate surface area is 503 Å². The van der Waals surface area contributed by atoms with Gasteiger partial charge in [-0.15, -0.1) is 0 Å². The largest absolute Gasteiger partial charge is 0.463 e. The Morgan fingerprint density at radius 1 is 0.500 bits per heavy atom. The van der Waals surface area contributed by atoms with E-state index < -0.39 is 198 Å². The maximum absolute atomic E-state index is 13.7. The maximum atomic E-state index is 13.7. The summed E-state index contributed by atoms with van der Waals surface area (Å²) >= 11 is 0. The standard InChI is InChI=1S/C62H92O24/c1-30(2)20-19-23-62(18,86-57-54(82-40(12)72)52(80-38(10)70)50(78-36(8)68)45(85-57)29-74-32(4)64)41-21-25-60(16)48(41)42(75-33(5)65)26-46-59(15)24-22-47(76-34(6)66)58(13,14)55(59)43(27-61(46,60)17)83-56-53(81-39(11)71)51(79-37(9)69)49(77-35(7)67)44(84-56)28-73-31(3)63/h20,41-57H,19,21-29H2,1-18H3/t41-,42+,43-,44+,45+,46+,47-,48+,49+,50+,51-,52-,53+,54+,55-,56+,57-,59+,60+,61+,62-/m0/s1. The van der Waals surface area contributed by atoms with E-state index in [-0.39, 0.29) is 12.3 Å². The predicted molar refractivity (Wildman–Crippen MR) is 298 cm³/mol. The number of hydrogen-bond donors (Lipinski definition) is 0. The van der Waals surface area contributed by atoms with Crippen LogP contribution in [0.25, 0.3) is 0 Å². The van der Waals surface area contributed by atoms with E-state index in [0.29, 0.717) is 44.9 Å². The summed E-state index contributed by atoms with van der Waals surface area (Å²) in [6, 6.07) is 0. The molecule has 0 aromatic heterocycles. The zero-order valence-corrected chi connectivity index (χ0v) is 53.3. The van der Waals surface area contributed by atoms with Crippen LogP contribution < -0.4 is 0 Å². The molecule has 86 heavy (non-hydrogen) atoms. The number of fused-ring (bicyclic) bond motifs is 5. The molecule has 0 bridgehead atoms. The van der Waals surface area contributed by atoms with Crippen molar-refractivity contribution in [1.82, 2.24) is 0 Å². The van der Waals surface area contributed by atoms with E-state index in [0.717, 1.165) is 47.1 Å². The molecule has 2 heterocycles. The van der Waals surface area contributed by atoms with Gasteiger partial charge < -0.3 is 66.3 Å². The molecule has 21 atom stereocenters. The normalized spacial score (nSPS) is 37.5. The van der Waals surface area contributed by atoms with Gasteiger partial charge in [0, 0.05) is 80.6 Å².